The van der Waals surface area contributed by atoms with E-state index in [2.05, 4.69) is 15.6 Å². The maximum absolute atomic E-state index is 11.3. The van der Waals surface area contributed by atoms with Crippen molar-refractivity contribution in [2.24, 2.45) is 4.99 Å². The molecule has 1 spiro atoms. The number of thioether (sulfide) groups is 1. The quantitative estimate of drug-likeness (QED) is 0.792. The molecule has 18 heavy (non-hydrogen) atoms. The van der Waals surface area contributed by atoms with Crippen LogP contribution in [0.1, 0.15) is 26.2 Å². The lowest BCUT2D eigenvalue weighted by Crippen LogP contribution is -2.48. The van der Waals surface area contributed by atoms with E-state index in [1.54, 1.807) is 11.8 Å². The van der Waals surface area contributed by atoms with Crippen molar-refractivity contribution in [2.75, 3.05) is 32.1 Å². The highest BCUT2D eigenvalue weighted by Crippen LogP contribution is 2.31. The van der Waals surface area contributed by atoms with E-state index < -0.39 is 0 Å². The van der Waals surface area contributed by atoms with Gasteiger partial charge in [-0.3, -0.25) is 9.79 Å². The van der Waals surface area contributed by atoms with Crippen LogP contribution < -0.4 is 10.6 Å². The third-order valence-electron chi connectivity index (χ3n) is 3.28. The highest BCUT2D eigenvalue weighted by molar-refractivity contribution is 8.14. The zero-order valence-corrected chi connectivity index (χ0v) is 11.6. The molecule has 0 saturated carbocycles. The first-order valence-electron chi connectivity index (χ1n) is 6.54. The smallest absolute Gasteiger partial charge is 0.221 e. The van der Waals surface area contributed by atoms with Crippen LogP contribution in [0.25, 0.3) is 0 Å². The molecule has 2 N–H and O–H groups in total. The molecule has 0 atom stereocenters. The summed E-state index contributed by atoms with van der Waals surface area (Å²) in [6.45, 7) is 4.84. The van der Waals surface area contributed by atoms with Crippen LogP contribution >= 0.6 is 11.8 Å². The van der Waals surface area contributed by atoms with Gasteiger partial charge in [0.1, 0.15) is 0 Å². The third-order valence-corrected chi connectivity index (χ3v) is 4.48. The van der Waals surface area contributed by atoms with E-state index in [0.29, 0.717) is 19.5 Å². The lowest BCUT2D eigenvalue weighted by atomic mass is 9.93. The number of nitrogens with one attached hydrogen (secondary N) is 2. The number of carbonyl (C=O) groups is 1. The SMILES string of the molecule is CCNC(=O)CCN=C1NC2(CCOCC2)CS1. The Labute approximate surface area is 112 Å². The van der Waals surface area contributed by atoms with E-state index in [1.165, 1.54) is 0 Å². The molecule has 2 saturated heterocycles. The molecule has 5 nitrogen and oxygen atoms in total. The van der Waals surface area contributed by atoms with E-state index in [0.717, 1.165) is 37.0 Å². The molecule has 6 heteroatoms. The predicted molar refractivity (Wildman–Crippen MR) is 74.0 cm³/mol. The fourth-order valence-corrected chi connectivity index (χ4v) is 3.41. The molecule has 2 aliphatic heterocycles. The molecule has 0 radical (unpaired) electrons. The van der Waals surface area contributed by atoms with Crippen LogP contribution in [0.2, 0.25) is 0 Å². The van der Waals surface area contributed by atoms with Gasteiger partial charge < -0.3 is 15.4 Å². The molecule has 2 heterocycles. The summed E-state index contributed by atoms with van der Waals surface area (Å²) in [4.78, 5) is 15.7. The molecule has 2 aliphatic rings. The second kappa shape index (κ2) is 6.43. The maximum atomic E-state index is 11.3. The van der Waals surface area contributed by atoms with Gasteiger partial charge in [0.05, 0.1) is 12.1 Å². The molecule has 1 amide bonds. The molecule has 0 unspecified atom stereocenters. The summed E-state index contributed by atoms with van der Waals surface area (Å²) in [5.74, 6) is 1.14. The highest BCUT2D eigenvalue weighted by atomic mass is 32.2. The van der Waals surface area contributed by atoms with Crippen LogP contribution in [0.15, 0.2) is 4.99 Å². The van der Waals surface area contributed by atoms with Crippen LogP contribution in [0.3, 0.4) is 0 Å². The minimum Gasteiger partial charge on any atom is -0.381 e. The van der Waals surface area contributed by atoms with Gasteiger partial charge in [-0.1, -0.05) is 11.8 Å². The van der Waals surface area contributed by atoms with Gasteiger partial charge in [0.15, 0.2) is 5.17 Å². The van der Waals surface area contributed by atoms with Crippen LogP contribution in [-0.4, -0.2) is 48.7 Å². The second-order valence-electron chi connectivity index (χ2n) is 4.70. The molecule has 0 bridgehead atoms. The Morgan fingerprint density at radius 1 is 1.56 bits per heavy atom. The van der Waals surface area contributed by atoms with Crippen LogP contribution in [-0.2, 0) is 9.53 Å². The third kappa shape index (κ3) is 3.62. The van der Waals surface area contributed by atoms with Crippen molar-refractivity contribution in [3.63, 3.8) is 0 Å². The number of nitrogens with zero attached hydrogens (tertiary/aromatic N) is 1. The number of rotatable bonds is 4. The molecule has 0 aromatic heterocycles. The average molecular weight is 271 g/mol. The van der Waals surface area contributed by atoms with Crippen molar-refractivity contribution in [2.45, 2.75) is 31.7 Å². The number of carbonyl (C=O) groups excluding carboxylic acids is 1. The van der Waals surface area contributed by atoms with Gasteiger partial charge >= 0.3 is 0 Å². The van der Waals surface area contributed by atoms with Gasteiger partial charge in [0.2, 0.25) is 5.91 Å². The first-order valence-corrected chi connectivity index (χ1v) is 7.52. The number of aliphatic imine (C=N–C) groups is 1. The summed E-state index contributed by atoms with van der Waals surface area (Å²) < 4.78 is 5.39. The molecule has 0 aromatic carbocycles. The topological polar surface area (TPSA) is 62.7 Å². The molecule has 0 aromatic rings. The number of hydrogen-bond acceptors (Lipinski definition) is 4. The van der Waals surface area contributed by atoms with Crippen LogP contribution in [0, 0.1) is 0 Å². The second-order valence-corrected chi connectivity index (χ2v) is 5.66. The van der Waals surface area contributed by atoms with Crippen molar-refractivity contribution >= 4 is 22.8 Å². The number of amides is 1. The lowest BCUT2D eigenvalue weighted by molar-refractivity contribution is -0.120. The van der Waals surface area contributed by atoms with Gasteiger partial charge in [-0.05, 0) is 19.8 Å². The Morgan fingerprint density at radius 3 is 3.06 bits per heavy atom. The van der Waals surface area contributed by atoms with E-state index in [9.17, 15) is 4.79 Å². The largest absolute Gasteiger partial charge is 0.381 e. The summed E-state index contributed by atoms with van der Waals surface area (Å²) in [5.41, 5.74) is 0.188. The Kier molecular flexibility index (Phi) is 4.88. The fourth-order valence-electron chi connectivity index (χ4n) is 2.17. The molecule has 2 fully saturated rings. The van der Waals surface area contributed by atoms with E-state index in [4.69, 9.17) is 4.74 Å². The minimum absolute atomic E-state index is 0.0747. The minimum atomic E-state index is 0.0747. The first-order chi connectivity index (χ1) is 8.74. The first kappa shape index (κ1) is 13.7. The molecule has 2 rings (SSSR count). The van der Waals surface area contributed by atoms with Gasteiger partial charge in [-0.2, -0.15) is 0 Å². The lowest BCUT2D eigenvalue weighted by Gasteiger charge is -2.32. The highest BCUT2D eigenvalue weighted by Gasteiger charge is 2.38. The number of ether oxygens (including phenoxy) is 1. The van der Waals surface area contributed by atoms with E-state index in [-0.39, 0.29) is 11.4 Å². The van der Waals surface area contributed by atoms with Crippen molar-refractivity contribution in [1.82, 2.24) is 10.6 Å². The van der Waals surface area contributed by atoms with Crippen molar-refractivity contribution in [3.05, 3.63) is 0 Å². The fraction of sp³-hybridized carbons (Fsp3) is 0.833. The molecule has 0 aliphatic carbocycles. The predicted octanol–water partition coefficient (Wildman–Crippen LogP) is 0.754. The summed E-state index contributed by atoms with van der Waals surface area (Å²) in [6.07, 6.45) is 2.57. The Bertz CT molecular complexity index is 327. The van der Waals surface area contributed by atoms with Crippen molar-refractivity contribution < 1.29 is 9.53 Å². The Balaban J connectivity index is 1.76. The monoisotopic (exact) mass is 271 g/mol. The van der Waals surface area contributed by atoms with Crippen molar-refractivity contribution in [3.8, 4) is 0 Å². The standard InChI is InChI=1S/C12H21N3O2S/c1-2-13-10(16)3-6-14-11-15-12(9-18-11)4-7-17-8-5-12/h2-9H2,1H3,(H,13,16)(H,14,15). The summed E-state index contributed by atoms with van der Waals surface area (Å²) in [5, 5.41) is 7.28. The summed E-state index contributed by atoms with van der Waals surface area (Å²) in [6, 6.07) is 0. The normalized spacial score (nSPS) is 24.2. The van der Waals surface area contributed by atoms with Gasteiger partial charge in [0.25, 0.3) is 0 Å². The zero-order chi connectivity index (χ0) is 12.8. The molecular formula is C12H21N3O2S. The van der Waals surface area contributed by atoms with Crippen LogP contribution in [0.4, 0.5) is 0 Å². The Hall–Kier alpha value is -0.750. The number of hydrogen-bond donors (Lipinski definition) is 2. The van der Waals surface area contributed by atoms with E-state index in [1.807, 2.05) is 6.92 Å². The van der Waals surface area contributed by atoms with Gasteiger partial charge in [-0.15, -0.1) is 0 Å². The molecule has 102 valence electrons. The van der Waals surface area contributed by atoms with Crippen LogP contribution in [0.5, 0.6) is 0 Å². The van der Waals surface area contributed by atoms with E-state index >= 15 is 0 Å². The zero-order valence-electron chi connectivity index (χ0n) is 10.8. The molecular weight excluding hydrogens is 250 g/mol. The number of amidine groups is 1. The summed E-state index contributed by atoms with van der Waals surface area (Å²) in [7, 11) is 0. The van der Waals surface area contributed by atoms with Gasteiger partial charge in [0, 0.05) is 31.9 Å². The summed E-state index contributed by atoms with van der Waals surface area (Å²) >= 11 is 1.76. The van der Waals surface area contributed by atoms with Crippen molar-refractivity contribution in [1.29, 1.82) is 0 Å². The maximum Gasteiger partial charge on any atom is 0.221 e. The average Bonchev–Trinajstić information content (AvgIpc) is 2.74. The van der Waals surface area contributed by atoms with Gasteiger partial charge in [-0.25, -0.2) is 0 Å². The Morgan fingerprint density at radius 2 is 2.33 bits per heavy atom.